The van der Waals surface area contributed by atoms with Gasteiger partial charge in [-0.2, -0.15) is 0 Å². The van der Waals surface area contributed by atoms with Crippen molar-refractivity contribution in [2.75, 3.05) is 23.3 Å². The van der Waals surface area contributed by atoms with Crippen LogP contribution in [0.1, 0.15) is 0 Å². The number of benzene rings is 4. The van der Waals surface area contributed by atoms with Gasteiger partial charge in [-0.3, -0.25) is 19.2 Å². The number of halogens is 1. The minimum absolute atomic E-state index is 0.0564. The molecule has 10 nitrogen and oxygen atoms in total. The van der Waals surface area contributed by atoms with E-state index >= 15 is 0 Å². The third-order valence-electron chi connectivity index (χ3n) is 5.47. The van der Waals surface area contributed by atoms with Crippen LogP contribution in [-0.2, 0) is 14.8 Å². The van der Waals surface area contributed by atoms with Gasteiger partial charge in [-0.05, 0) is 54.6 Å². The van der Waals surface area contributed by atoms with Gasteiger partial charge in [0.2, 0.25) is 5.91 Å². The largest absolute Gasteiger partial charge is 0.493 e. The number of amides is 1. The number of hydrogen-bond donors (Lipinski definition) is 1. The smallest absolute Gasteiger partial charge is 0.269 e. The second-order valence-electron chi connectivity index (χ2n) is 8.04. The summed E-state index contributed by atoms with van der Waals surface area (Å²) >= 11 is 6.16. The van der Waals surface area contributed by atoms with Gasteiger partial charge in [-0.1, -0.05) is 41.9 Å². The number of ether oxygens (including phenoxy) is 2. The normalized spacial score (nSPS) is 10.9. The zero-order chi connectivity index (χ0) is 28.0. The summed E-state index contributed by atoms with van der Waals surface area (Å²) in [6.07, 6.45) is 0. The highest BCUT2D eigenvalue weighted by atomic mass is 35.5. The summed E-state index contributed by atoms with van der Waals surface area (Å²) in [4.78, 5) is 23.7. The van der Waals surface area contributed by atoms with Gasteiger partial charge in [0.05, 0.1) is 28.3 Å². The first-order chi connectivity index (χ1) is 18.7. The predicted molar refractivity (Wildman–Crippen MR) is 147 cm³/mol. The van der Waals surface area contributed by atoms with Gasteiger partial charge >= 0.3 is 0 Å². The SMILES string of the molecule is COc1ccccc1Oc1ccc(Cl)cc1NC(=O)CN(c1ccc([N+](=O)[O-])cc1)S(=O)(=O)c1ccccc1. The van der Waals surface area contributed by atoms with E-state index in [1.807, 2.05) is 0 Å². The molecule has 4 aromatic rings. The molecule has 0 bridgehead atoms. The highest BCUT2D eigenvalue weighted by Crippen LogP contribution is 2.36. The second-order valence-corrected chi connectivity index (χ2v) is 10.3. The fourth-order valence-electron chi connectivity index (χ4n) is 3.61. The summed E-state index contributed by atoms with van der Waals surface area (Å²) < 4.78 is 39.2. The van der Waals surface area contributed by atoms with Gasteiger partial charge in [0.1, 0.15) is 6.54 Å². The van der Waals surface area contributed by atoms with Crippen LogP contribution in [0.25, 0.3) is 0 Å². The van der Waals surface area contributed by atoms with Gasteiger partial charge in [0, 0.05) is 17.2 Å². The van der Waals surface area contributed by atoms with E-state index in [4.69, 9.17) is 21.1 Å². The van der Waals surface area contributed by atoms with Gasteiger partial charge in [0.25, 0.3) is 15.7 Å². The predicted octanol–water partition coefficient (Wildman–Crippen LogP) is 5.88. The van der Waals surface area contributed by atoms with E-state index < -0.39 is 27.4 Å². The highest BCUT2D eigenvalue weighted by Gasteiger charge is 2.28. The lowest BCUT2D eigenvalue weighted by atomic mass is 10.2. The number of nitro benzene ring substituents is 1. The van der Waals surface area contributed by atoms with Gasteiger partial charge in [0.15, 0.2) is 17.2 Å². The molecule has 0 saturated carbocycles. The molecule has 1 amide bonds. The topological polar surface area (TPSA) is 128 Å². The van der Waals surface area contributed by atoms with Crippen molar-refractivity contribution >= 4 is 44.6 Å². The minimum atomic E-state index is -4.22. The Hall–Kier alpha value is -4.61. The van der Waals surface area contributed by atoms with Crippen LogP contribution in [0.2, 0.25) is 5.02 Å². The van der Waals surface area contributed by atoms with Crippen molar-refractivity contribution in [2.45, 2.75) is 4.90 Å². The molecule has 4 rings (SSSR count). The summed E-state index contributed by atoms with van der Waals surface area (Å²) in [5.41, 5.74) is 0.0349. The first kappa shape index (κ1) is 27.4. The number of para-hydroxylation sites is 2. The van der Waals surface area contributed by atoms with Crippen molar-refractivity contribution < 1.29 is 27.6 Å². The monoisotopic (exact) mass is 567 g/mol. The molecule has 0 aromatic heterocycles. The molecule has 4 aromatic carbocycles. The maximum Gasteiger partial charge on any atom is 0.269 e. The van der Waals surface area contributed by atoms with Crippen LogP contribution >= 0.6 is 11.6 Å². The fourth-order valence-corrected chi connectivity index (χ4v) is 5.22. The number of methoxy groups -OCH3 is 1. The van der Waals surface area contributed by atoms with Crippen LogP contribution in [0.4, 0.5) is 17.1 Å². The molecular formula is C27H22ClN3O7S. The Morgan fingerprint density at radius 2 is 1.56 bits per heavy atom. The Bertz CT molecular complexity index is 1600. The number of nitrogens with zero attached hydrogens (tertiary/aromatic N) is 2. The molecule has 1 N–H and O–H groups in total. The highest BCUT2D eigenvalue weighted by molar-refractivity contribution is 7.92. The third-order valence-corrected chi connectivity index (χ3v) is 7.49. The van der Waals surface area contributed by atoms with Crippen LogP contribution in [0.15, 0.2) is 102 Å². The summed E-state index contributed by atoms with van der Waals surface area (Å²) in [5, 5.41) is 14.1. The molecule has 12 heteroatoms. The van der Waals surface area contributed by atoms with Gasteiger partial charge in [-0.25, -0.2) is 8.42 Å². The molecule has 0 atom stereocenters. The summed E-state index contributed by atoms with van der Waals surface area (Å²) in [6, 6.07) is 23.9. The standard InChI is InChI=1S/C27H22ClN3O7S/c1-37-25-9-5-6-10-26(25)38-24-16-11-19(28)17-23(24)29-27(32)18-30(20-12-14-21(15-13-20)31(33)34)39(35,36)22-7-3-2-4-8-22/h2-17H,18H2,1H3,(H,29,32). The Balaban J connectivity index is 1.65. The molecule has 0 spiro atoms. The van der Waals surface area contributed by atoms with Crippen LogP contribution < -0.4 is 19.1 Å². The molecule has 0 saturated heterocycles. The molecule has 39 heavy (non-hydrogen) atoms. The van der Waals surface area contributed by atoms with Crippen LogP contribution in [-0.4, -0.2) is 32.9 Å². The maximum absolute atomic E-state index is 13.5. The first-order valence-corrected chi connectivity index (χ1v) is 13.2. The van der Waals surface area contributed by atoms with Crippen LogP contribution in [0.5, 0.6) is 17.2 Å². The number of carbonyl (C=O) groups is 1. The first-order valence-electron chi connectivity index (χ1n) is 11.4. The summed E-state index contributed by atoms with van der Waals surface area (Å²) in [7, 11) is -2.73. The Labute approximate surface area is 229 Å². The Morgan fingerprint density at radius 1 is 0.923 bits per heavy atom. The average Bonchev–Trinajstić information content (AvgIpc) is 2.94. The van der Waals surface area contributed by atoms with Crippen molar-refractivity contribution in [3.8, 4) is 17.2 Å². The van der Waals surface area contributed by atoms with E-state index in [1.165, 1.54) is 37.4 Å². The lowest BCUT2D eigenvalue weighted by molar-refractivity contribution is -0.384. The Kier molecular flexibility index (Phi) is 8.33. The van der Waals surface area contributed by atoms with Gasteiger partial charge in [-0.15, -0.1) is 0 Å². The molecular weight excluding hydrogens is 546 g/mol. The lowest BCUT2D eigenvalue weighted by Gasteiger charge is -2.24. The van der Waals surface area contributed by atoms with E-state index in [2.05, 4.69) is 5.32 Å². The average molecular weight is 568 g/mol. The Morgan fingerprint density at radius 3 is 2.21 bits per heavy atom. The molecule has 0 aliphatic rings. The van der Waals surface area contributed by atoms with Crippen molar-refractivity contribution in [3.63, 3.8) is 0 Å². The quantitative estimate of drug-likeness (QED) is 0.187. The van der Waals surface area contributed by atoms with Crippen molar-refractivity contribution in [1.29, 1.82) is 0 Å². The van der Waals surface area contributed by atoms with E-state index in [1.54, 1.807) is 54.6 Å². The number of nitro groups is 1. The van der Waals surface area contributed by atoms with E-state index in [-0.39, 0.29) is 27.7 Å². The summed E-state index contributed by atoms with van der Waals surface area (Å²) in [6.45, 7) is -0.643. The van der Waals surface area contributed by atoms with E-state index in [0.29, 0.717) is 16.5 Å². The number of non-ortho nitro benzene ring substituents is 1. The van der Waals surface area contributed by atoms with Crippen molar-refractivity contribution in [3.05, 3.63) is 112 Å². The molecule has 200 valence electrons. The molecule has 0 aliphatic carbocycles. The zero-order valence-electron chi connectivity index (χ0n) is 20.5. The minimum Gasteiger partial charge on any atom is -0.493 e. The number of hydrogen-bond acceptors (Lipinski definition) is 7. The van der Waals surface area contributed by atoms with Crippen molar-refractivity contribution in [1.82, 2.24) is 0 Å². The molecule has 0 radical (unpaired) electrons. The third kappa shape index (κ3) is 6.46. The van der Waals surface area contributed by atoms with Gasteiger partial charge < -0.3 is 14.8 Å². The maximum atomic E-state index is 13.5. The van der Waals surface area contributed by atoms with E-state index in [9.17, 15) is 23.3 Å². The number of sulfonamides is 1. The number of nitrogens with one attached hydrogen (secondary N) is 1. The molecule has 0 unspecified atom stereocenters. The van der Waals surface area contributed by atoms with Crippen LogP contribution in [0, 0.1) is 10.1 Å². The number of rotatable bonds is 10. The second kappa shape index (κ2) is 11.8. The summed E-state index contributed by atoms with van der Waals surface area (Å²) in [5.74, 6) is 0.380. The molecule has 0 heterocycles. The molecule has 0 fully saturated rings. The number of anilines is 2. The zero-order valence-corrected chi connectivity index (χ0v) is 22.1. The van der Waals surface area contributed by atoms with Crippen LogP contribution in [0.3, 0.4) is 0 Å². The van der Waals surface area contributed by atoms with E-state index in [0.717, 1.165) is 16.4 Å². The lowest BCUT2D eigenvalue weighted by Crippen LogP contribution is -2.38. The molecule has 0 aliphatic heterocycles. The fraction of sp³-hybridized carbons (Fsp3) is 0.0741. The number of carbonyl (C=O) groups excluding carboxylic acids is 1. The van der Waals surface area contributed by atoms with Crippen molar-refractivity contribution in [2.24, 2.45) is 0 Å².